The third kappa shape index (κ3) is 5.12. The molecule has 2 heterocycles. The molecule has 0 saturated heterocycles. The van der Waals surface area contributed by atoms with Gasteiger partial charge in [-0.2, -0.15) is 0 Å². The van der Waals surface area contributed by atoms with Gasteiger partial charge < -0.3 is 9.80 Å². The number of thiophene rings is 1. The van der Waals surface area contributed by atoms with E-state index in [2.05, 4.69) is 56.5 Å². The molecule has 1 aliphatic heterocycles. The maximum absolute atomic E-state index is 13.9. The van der Waals surface area contributed by atoms with Gasteiger partial charge >= 0.3 is 0 Å². The summed E-state index contributed by atoms with van der Waals surface area (Å²) in [5.74, 6) is -0.131. The monoisotopic (exact) mass is 524 g/mol. The Kier molecular flexibility index (Phi) is 7.15. The molecule has 5 rings (SSSR count). The number of amides is 2. The molecule has 1 aliphatic rings. The van der Waals surface area contributed by atoms with Crippen LogP contribution in [0.15, 0.2) is 78.2 Å². The zero-order valence-corrected chi connectivity index (χ0v) is 23.7. The molecular weight excluding hydrogens is 488 g/mol. The van der Waals surface area contributed by atoms with Crippen molar-refractivity contribution in [3.8, 4) is 0 Å². The lowest BCUT2D eigenvalue weighted by Gasteiger charge is -2.38. The summed E-state index contributed by atoms with van der Waals surface area (Å²) in [5, 5.41) is 4.24. The molecule has 1 unspecified atom stereocenters. The Morgan fingerprint density at radius 2 is 1.68 bits per heavy atom. The fraction of sp³-hybridized carbons (Fsp3) is 0.333. The first kappa shape index (κ1) is 26.2. The van der Waals surface area contributed by atoms with Crippen molar-refractivity contribution in [3.05, 3.63) is 105 Å². The normalized spacial score (nSPS) is 15.5. The topological polar surface area (TPSA) is 40.6 Å². The van der Waals surface area contributed by atoms with Crippen molar-refractivity contribution in [2.75, 3.05) is 13.1 Å². The summed E-state index contributed by atoms with van der Waals surface area (Å²) >= 11 is 1.76. The lowest BCUT2D eigenvalue weighted by Crippen LogP contribution is -2.48. The van der Waals surface area contributed by atoms with E-state index in [1.807, 2.05) is 61.2 Å². The van der Waals surface area contributed by atoms with Crippen LogP contribution in [0.5, 0.6) is 0 Å². The van der Waals surface area contributed by atoms with Gasteiger partial charge in [0.05, 0.1) is 6.04 Å². The largest absolute Gasteiger partial charge is 0.330 e. The van der Waals surface area contributed by atoms with Crippen molar-refractivity contribution in [2.45, 2.75) is 58.5 Å². The minimum absolute atomic E-state index is 0.0189. The summed E-state index contributed by atoms with van der Waals surface area (Å²) in [6.07, 6.45) is 0.843. The highest BCUT2D eigenvalue weighted by molar-refractivity contribution is 7.10. The van der Waals surface area contributed by atoms with E-state index in [1.54, 1.807) is 16.2 Å². The van der Waals surface area contributed by atoms with Crippen LogP contribution in [0, 0.1) is 0 Å². The van der Waals surface area contributed by atoms with Gasteiger partial charge in [0.25, 0.3) is 5.91 Å². The predicted molar refractivity (Wildman–Crippen MR) is 157 cm³/mol. The van der Waals surface area contributed by atoms with Crippen molar-refractivity contribution < 1.29 is 9.59 Å². The Morgan fingerprint density at radius 3 is 2.37 bits per heavy atom. The molecule has 196 valence electrons. The van der Waals surface area contributed by atoms with E-state index in [9.17, 15) is 9.59 Å². The summed E-state index contributed by atoms with van der Waals surface area (Å²) in [5.41, 5.74) is 4.26. The number of nitrogens with zero attached hydrogens (tertiary/aromatic N) is 2. The quantitative estimate of drug-likeness (QED) is 0.276. The van der Waals surface area contributed by atoms with E-state index in [0.29, 0.717) is 12.1 Å². The standard InChI is InChI=1S/C33H36N2O2S/c1-22(2)35(32(37)26-11-10-23-8-6-7-9-25(23)20-26)21-30(36)34-18-16-29-28(17-19-38-29)31(34)24-12-14-27(15-13-24)33(3,4)5/h6-15,17,19-20,22,31H,16,18,21H2,1-5H3. The first-order valence-electron chi connectivity index (χ1n) is 13.4. The van der Waals surface area contributed by atoms with E-state index < -0.39 is 0 Å². The highest BCUT2D eigenvalue weighted by atomic mass is 32.1. The molecule has 4 aromatic rings. The number of carbonyl (C=O) groups excluding carboxylic acids is 2. The third-order valence-electron chi connectivity index (χ3n) is 7.56. The molecule has 2 amide bonds. The number of carbonyl (C=O) groups is 2. The molecule has 0 spiro atoms. The molecule has 0 bridgehead atoms. The fourth-order valence-electron chi connectivity index (χ4n) is 5.32. The average Bonchev–Trinajstić information content (AvgIpc) is 3.39. The summed E-state index contributed by atoms with van der Waals surface area (Å²) in [6, 6.07) is 24.4. The molecule has 0 saturated carbocycles. The van der Waals surface area contributed by atoms with Crippen LogP contribution in [-0.4, -0.2) is 40.7 Å². The van der Waals surface area contributed by atoms with Gasteiger partial charge in [-0.1, -0.05) is 75.4 Å². The Labute approximate surface area is 229 Å². The Morgan fingerprint density at radius 1 is 0.974 bits per heavy atom. The van der Waals surface area contributed by atoms with Crippen molar-refractivity contribution >= 4 is 33.9 Å². The summed E-state index contributed by atoms with van der Waals surface area (Å²) in [6.45, 7) is 11.3. The Bertz CT molecular complexity index is 1460. The smallest absolute Gasteiger partial charge is 0.254 e. The van der Waals surface area contributed by atoms with Crippen molar-refractivity contribution in [1.82, 2.24) is 9.80 Å². The number of rotatable bonds is 5. The number of hydrogen-bond donors (Lipinski definition) is 0. The molecule has 0 aliphatic carbocycles. The molecule has 0 fully saturated rings. The molecule has 1 aromatic heterocycles. The van der Waals surface area contributed by atoms with E-state index >= 15 is 0 Å². The highest BCUT2D eigenvalue weighted by Gasteiger charge is 2.34. The lowest BCUT2D eigenvalue weighted by atomic mass is 9.85. The molecule has 0 radical (unpaired) electrons. The van der Waals surface area contributed by atoms with Crippen LogP contribution in [0.4, 0.5) is 0 Å². The lowest BCUT2D eigenvalue weighted by molar-refractivity contribution is -0.134. The van der Waals surface area contributed by atoms with Crippen LogP contribution < -0.4 is 0 Å². The first-order chi connectivity index (χ1) is 18.1. The SMILES string of the molecule is CC(C)N(CC(=O)N1CCc2sccc2C1c1ccc(C(C)(C)C)cc1)C(=O)c1ccc2ccccc2c1. The van der Waals surface area contributed by atoms with Crippen LogP contribution in [0.2, 0.25) is 0 Å². The second-order valence-electron chi connectivity index (χ2n) is 11.5. The van der Waals surface area contributed by atoms with E-state index in [-0.39, 0.29) is 35.9 Å². The zero-order chi connectivity index (χ0) is 27.0. The van der Waals surface area contributed by atoms with E-state index in [1.165, 1.54) is 16.0 Å². The molecule has 4 nitrogen and oxygen atoms in total. The Hall–Kier alpha value is -3.44. The molecule has 0 N–H and O–H groups in total. The van der Waals surface area contributed by atoms with Crippen molar-refractivity contribution in [1.29, 1.82) is 0 Å². The van der Waals surface area contributed by atoms with Crippen molar-refractivity contribution in [2.24, 2.45) is 0 Å². The van der Waals surface area contributed by atoms with Crippen LogP contribution >= 0.6 is 11.3 Å². The molecule has 5 heteroatoms. The van der Waals surface area contributed by atoms with Gasteiger partial charge in [0.1, 0.15) is 6.54 Å². The van der Waals surface area contributed by atoms with E-state index in [4.69, 9.17) is 0 Å². The van der Waals surface area contributed by atoms with E-state index in [0.717, 1.165) is 22.8 Å². The zero-order valence-electron chi connectivity index (χ0n) is 22.9. The van der Waals surface area contributed by atoms with Gasteiger partial charge in [-0.3, -0.25) is 9.59 Å². The number of benzene rings is 3. The maximum Gasteiger partial charge on any atom is 0.254 e. The number of fused-ring (bicyclic) bond motifs is 2. The van der Waals surface area contributed by atoms with Gasteiger partial charge in [-0.15, -0.1) is 11.3 Å². The van der Waals surface area contributed by atoms with Gasteiger partial charge in [0.15, 0.2) is 0 Å². The van der Waals surface area contributed by atoms with Gasteiger partial charge in [0, 0.05) is 23.0 Å². The highest BCUT2D eigenvalue weighted by Crippen LogP contribution is 2.38. The van der Waals surface area contributed by atoms with Gasteiger partial charge in [0.2, 0.25) is 5.91 Å². The second-order valence-corrected chi connectivity index (χ2v) is 12.5. The second kappa shape index (κ2) is 10.4. The fourth-order valence-corrected chi connectivity index (χ4v) is 6.23. The maximum atomic E-state index is 13.9. The summed E-state index contributed by atoms with van der Waals surface area (Å²) in [7, 11) is 0. The Balaban J connectivity index is 1.43. The minimum atomic E-state index is -0.142. The van der Waals surface area contributed by atoms with Crippen LogP contribution in [0.25, 0.3) is 10.8 Å². The van der Waals surface area contributed by atoms with Crippen LogP contribution in [0.1, 0.15) is 72.6 Å². The van der Waals surface area contributed by atoms with Gasteiger partial charge in [-0.25, -0.2) is 0 Å². The van der Waals surface area contributed by atoms with Crippen LogP contribution in [-0.2, 0) is 16.6 Å². The van der Waals surface area contributed by atoms with Crippen LogP contribution in [0.3, 0.4) is 0 Å². The predicted octanol–water partition coefficient (Wildman–Crippen LogP) is 7.22. The first-order valence-corrected chi connectivity index (χ1v) is 14.3. The van der Waals surface area contributed by atoms with Crippen molar-refractivity contribution in [3.63, 3.8) is 0 Å². The molecule has 3 aromatic carbocycles. The molecule has 38 heavy (non-hydrogen) atoms. The summed E-state index contributed by atoms with van der Waals surface area (Å²) < 4.78 is 0. The molecule has 1 atom stereocenters. The minimum Gasteiger partial charge on any atom is -0.330 e. The molecular formula is C33H36N2O2S. The van der Waals surface area contributed by atoms with Gasteiger partial charge in [-0.05, 0) is 76.7 Å². The number of hydrogen-bond acceptors (Lipinski definition) is 3. The third-order valence-corrected chi connectivity index (χ3v) is 8.56. The summed E-state index contributed by atoms with van der Waals surface area (Å²) in [4.78, 5) is 32.6. The average molecular weight is 525 g/mol.